The zero-order valence-electron chi connectivity index (χ0n) is 28.4. The first-order chi connectivity index (χ1) is 22.9. The number of ether oxygens (including phenoxy) is 1. The molecule has 4 aliphatic rings. The SMILES string of the molecule is CC1(C)S[C@@H]2[C@H](NC(=O)C(N)c3ccc(OC(=O)[C@@H]4N5C(=O)[C@@H](NC(=O)C(N)c6ccc(O)cc6)[C@H]5SC4(C)C)cc3)C(=O)N2[C@H]1C(=O)O.O.O.O. The van der Waals surface area contributed by atoms with Gasteiger partial charge in [0.15, 0.2) is 0 Å². The van der Waals surface area contributed by atoms with Crippen LogP contribution in [0.5, 0.6) is 11.5 Å². The minimum atomic E-state index is -1.17. The fourth-order valence-corrected chi connectivity index (χ4v) is 9.90. The number of nitrogens with zero attached hydrogens (tertiary/aromatic N) is 2. The summed E-state index contributed by atoms with van der Waals surface area (Å²) in [6.45, 7) is 7.08. The van der Waals surface area contributed by atoms with Crippen molar-refractivity contribution in [2.75, 3.05) is 0 Å². The number of aromatic hydroxyl groups is 1. The number of carboxylic acids is 1. The van der Waals surface area contributed by atoms with Crippen LogP contribution in [0.3, 0.4) is 0 Å². The Morgan fingerprint density at radius 1 is 0.731 bits per heavy atom. The average molecular weight is 767 g/mol. The Bertz CT molecular complexity index is 1740. The lowest BCUT2D eigenvalue weighted by molar-refractivity contribution is -0.161. The van der Waals surface area contributed by atoms with Crippen LogP contribution in [-0.4, -0.2) is 116 Å². The Morgan fingerprint density at radius 2 is 1.12 bits per heavy atom. The summed E-state index contributed by atoms with van der Waals surface area (Å²) in [6, 6.07) is 5.78. The van der Waals surface area contributed by atoms with Crippen LogP contribution in [0.1, 0.15) is 50.9 Å². The van der Waals surface area contributed by atoms with E-state index in [0.29, 0.717) is 11.1 Å². The molecule has 4 heterocycles. The molecule has 0 aliphatic carbocycles. The predicted octanol–water partition coefficient (Wildman–Crippen LogP) is -2.30. The first-order valence-electron chi connectivity index (χ1n) is 15.4. The molecular formula is C32H42N6O12S2. The third-order valence-electron chi connectivity index (χ3n) is 9.21. The Morgan fingerprint density at radius 3 is 1.54 bits per heavy atom. The van der Waals surface area contributed by atoms with E-state index in [-0.39, 0.29) is 27.9 Å². The Balaban J connectivity index is 0.00000243. The zero-order valence-corrected chi connectivity index (χ0v) is 30.0. The van der Waals surface area contributed by atoms with Gasteiger partial charge in [0.25, 0.3) is 0 Å². The first-order valence-corrected chi connectivity index (χ1v) is 17.1. The highest BCUT2D eigenvalue weighted by molar-refractivity contribution is 8.02. The summed E-state index contributed by atoms with van der Waals surface area (Å²) in [5, 5.41) is 23.4. The Labute approximate surface area is 305 Å². The van der Waals surface area contributed by atoms with Gasteiger partial charge < -0.3 is 63.3 Å². The summed E-state index contributed by atoms with van der Waals surface area (Å²) in [5.41, 5.74) is 13.1. The fourth-order valence-electron chi connectivity index (χ4n) is 6.66. The molecule has 4 aliphatic heterocycles. The number of benzene rings is 2. The smallest absolute Gasteiger partial charge is 0.335 e. The van der Waals surface area contributed by atoms with Crippen LogP contribution in [0.15, 0.2) is 48.5 Å². The van der Waals surface area contributed by atoms with E-state index < -0.39 is 92.1 Å². The monoisotopic (exact) mass is 766 g/mol. The maximum atomic E-state index is 13.4. The van der Waals surface area contributed by atoms with E-state index in [1.54, 1.807) is 27.7 Å². The van der Waals surface area contributed by atoms with Crippen molar-refractivity contribution in [1.29, 1.82) is 0 Å². The van der Waals surface area contributed by atoms with Crippen molar-refractivity contribution in [3.63, 3.8) is 0 Å². The minimum absolute atomic E-state index is 0. The van der Waals surface area contributed by atoms with Crippen molar-refractivity contribution in [3.8, 4) is 11.5 Å². The third-order valence-corrected chi connectivity index (χ3v) is 12.4. The maximum Gasteiger partial charge on any atom is 0.335 e. The maximum absolute atomic E-state index is 13.4. The van der Waals surface area contributed by atoms with Crippen LogP contribution < -0.4 is 26.8 Å². The lowest BCUT2D eigenvalue weighted by Crippen LogP contribution is -2.71. The molecule has 0 radical (unpaired) electrons. The second kappa shape index (κ2) is 14.9. The minimum Gasteiger partial charge on any atom is -0.508 e. The largest absolute Gasteiger partial charge is 0.508 e. The lowest BCUT2D eigenvalue weighted by Gasteiger charge is -2.44. The van der Waals surface area contributed by atoms with Crippen LogP contribution in [0.2, 0.25) is 0 Å². The molecule has 20 heteroatoms. The number of fused-ring (bicyclic) bond motifs is 2. The Hall–Kier alpha value is -4.44. The van der Waals surface area contributed by atoms with E-state index in [2.05, 4.69) is 10.6 Å². The van der Waals surface area contributed by atoms with Crippen LogP contribution in [-0.2, 0) is 28.8 Å². The van der Waals surface area contributed by atoms with E-state index in [1.165, 1.54) is 81.9 Å². The summed E-state index contributed by atoms with van der Waals surface area (Å²) in [6.07, 6.45) is 0. The quantitative estimate of drug-likeness (QED) is 0.0890. The molecule has 4 saturated heterocycles. The summed E-state index contributed by atoms with van der Waals surface area (Å²) in [5.74, 6) is -3.75. The number of nitrogens with one attached hydrogen (secondary N) is 2. The molecule has 0 spiro atoms. The molecule has 2 aromatic carbocycles. The molecule has 0 bridgehead atoms. The van der Waals surface area contributed by atoms with Crippen LogP contribution in [0.4, 0.5) is 0 Å². The molecule has 6 rings (SSSR count). The summed E-state index contributed by atoms with van der Waals surface area (Å²) in [4.78, 5) is 79.6. The van der Waals surface area contributed by atoms with Gasteiger partial charge >= 0.3 is 11.9 Å². The van der Waals surface area contributed by atoms with Crippen molar-refractivity contribution in [3.05, 3.63) is 59.7 Å². The molecule has 8 atom stereocenters. The number of amides is 4. The number of carbonyl (C=O) groups excluding carboxylic acids is 5. The molecule has 0 aromatic heterocycles. The molecule has 18 nitrogen and oxygen atoms in total. The molecule has 2 aromatic rings. The van der Waals surface area contributed by atoms with E-state index in [4.69, 9.17) is 16.2 Å². The van der Waals surface area contributed by atoms with Gasteiger partial charge in [0.2, 0.25) is 23.6 Å². The number of esters is 1. The molecule has 284 valence electrons. The van der Waals surface area contributed by atoms with Gasteiger partial charge in [-0.3, -0.25) is 19.2 Å². The van der Waals surface area contributed by atoms with E-state index in [1.807, 2.05) is 0 Å². The molecule has 0 saturated carbocycles. The number of phenolic OH excluding ortho intramolecular Hbond substituents is 1. The highest BCUT2D eigenvalue weighted by atomic mass is 32.2. The number of hydrogen-bond donors (Lipinski definition) is 6. The predicted molar refractivity (Wildman–Crippen MR) is 189 cm³/mol. The van der Waals surface area contributed by atoms with Gasteiger partial charge in [0.1, 0.15) is 58.5 Å². The molecular weight excluding hydrogens is 725 g/mol. The van der Waals surface area contributed by atoms with Gasteiger partial charge in [-0.1, -0.05) is 24.3 Å². The molecule has 2 unspecified atom stereocenters. The van der Waals surface area contributed by atoms with E-state index in [0.717, 1.165) is 0 Å². The second-order valence-corrected chi connectivity index (χ2v) is 16.9. The number of aliphatic carboxylic acids is 1. The summed E-state index contributed by atoms with van der Waals surface area (Å²) >= 11 is 2.66. The van der Waals surface area contributed by atoms with Crippen molar-refractivity contribution >= 4 is 59.1 Å². The van der Waals surface area contributed by atoms with Crippen molar-refractivity contribution < 1.29 is 60.1 Å². The number of phenols is 1. The number of hydrogen-bond acceptors (Lipinski definition) is 12. The molecule has 4 fully saturated rings. The number of carboxylic acid groups (broad SMARTS) is 1. The van der Waals surface area contributed by atoms with Crippen LogP contribution in [0, 0.1) is 0 Å². The normalized spacial score (nSPS) is 27.0. The zero-order chi connectivity index (χ0) is 35.7. The number of carbonyl (C=O) groups is 6. The number of rotatable bonds is 9. The van der Waals surface area contributed by atoms with Gasteiger partial charge in [-0.05, 0) is 63.1 Å². The fraction of sp³-hybridized carbons (Fsp3) is 0.438. The lowest BCUT2D eigenvalue weighted by atomic mass is 9.95. The third kappa shape index (κ3) is 7.01. The number of thioether (sulfide) groups is 2. The highest BCUT2D eigenvalue weighted by Crippen LogP contribution is 2.52. The first kappa shape index (κ1) is 42.0. The van der Waals surface area contributed by atoms with Crippen molar-refractivity contribution in [2.45, 2.75) is 84.2 Å². The van der Waals surface area contributed by atoms with Gasteiger partial charge in [-0.25, -0.2) is 9.59 Å². The van der Waals surface area contributed by atoms with Gasteiger partial charge in [-0.2, -0.15) is 0 Å². The van der Waals surface area contributed by atoms with Gasteiger partial charge in [0.05, 0.1) is 0 Å². The topological polar surface area (TPSA) is 329 Å². The van der Waals surface area contributed by atoms with E-state index >= 15 is 0 Å². The van der Waals surface area contributed by atoms with Crippen molar-refractivity contribution in [1.82, 2.24) is 20.4 Å². The molecule has 14 N–H and O–H groups in total. The summed E-state index contributed by atoms with van der Waals surface area (Å²) < 4.78 is 4.14. The highest BCUT2D eigenvalue weighted by Gasteiger charge is 2.65. The second-order valence-electron chi connectivity index (χ2n) is 13.4. The summed E-state index contributed by atoms with van der Waals surface area (Å²) in [7, 11) is 0. The number of β-lactam (4-membered cyclic amide) rings is 2. The Kier molecular flexibility index (Phi) is 12.0. The van der Waals surface area contributed by atoms with E-state index in [9.17, 15) is 39.0 Å². The average Bonchev–Trinajstić information content (AvgIpc) is 3.46. The molecule has 4 amide bonds. The number of nitrogens with two attached hydrogens (primary N) is 2. The molecule has 52 heavy (non-hydrogen) atoms. The van der Waals surface area contributed by atoms with Gasteiger partial charge in [-0.15, -0.1) is 23.5 Å². The standard InChI is InChI=1S/C32H36N6O9S2.3H2O/c1-31(2)21(29(44)45)37-25(42)19(27(37)48-31)35-24(41)18(34)14-7-11-16(12-8-14)47-30(46)22-32(3,4)49-28-20(26(43)38(22)28)36-23(40)17(33)13-5-9-15(39)10-6-13;;;/h5-12,17-22,27-28,39H,33-34H2,1-4H3,(H,35,41)(H,36,40)(H,44,45);3*1H2/t17?,18?,19-,20-,21+,22+,27-,28-;;;/m1.../s1. The van der Waals surface area contributed by atoms with Crippen LogP contribution in [0.25, 0.3) is 0 Å². The van der Waals surface area contributed by atoms with Crippen LogP contribution >= 0.6 is 23.5 Å². The van der Waals surface area contributed by atoms with Crippen molar-refractivity contribution in [2.24, 2.45) is 11.5 Å². The van der Waals surface area contributed by atoms with Gasteiger partial charge in [0, 0.05) is 9.49 Å².